The standard InChI is InChI=1S/C18H35N3O6/c1-5-6-8-11(19)21-17(27)15(25)13(23)12(22)14(24)16(26)20-10-7-9-18(2,3)4/h12-15,22-25H,5-10H2,1-4H3,(H,20,26)(H2,19,21,27)/t12-,13+,14+,15-/m1/s1. The molecular weight excluding hydrogens is 354 g/mol. The Hall–Kier alpha value is -1.55. The minimum atomic E-state index is -2.11. The van der Waals surface area contributed by atoms with Crippen LogP contribution in [-0.4, -0.2) is 69.0 Å². The molecule has 4 atom stereocenters. The number of nitrogens with two attached hydrogens (primary N) is 1. The SMILES string of the molecule is CCCCC(N)=NC(=O)[C@H](O)[C@@H](O)[C@@H](O)[C@H](O)C(=O)NCCCC(C)(C)C. The number of hydrogen-bond acceptors (Lipinski definition) is 6. The number of amides is 2. The molecule has 0 saturated carbocycles. The summed E-state index contributed by atoms with van der Waals surface area (Å²) < 4.78 is 0. The topological polar surface area (TPSA) is 165 Å². The largest absolute Gasteiger partial charge is 0.387 e. The molecule has 0 spiro atoms. The number of carbonyl (C=O) groups excluding carboxylic acids is 2. The van der Waals surface area contributed by atoms with Crippen molar-refractivity contribution < 1.29 is 30.0 Å². The lowest BCUT2D eigenvalue weighted by atomic mass is 9.90. The maximum Gasteiger partial charge on any atom is 0.278 e. The minimum Gasteiger partial charge on any atom is -0.387 e. The van der Waals surface area contributed by atoms with Gasteiger partial charge >= 0.3 is 0 Å². The number of nitrogens with zero attached hydrogens (tertiary/aromatic N) is 1. The van der Waals surface area contributed by atoms with Crippen molar-refractivity contribution in [2.75, 3.05) is 6.54 Å². The first kappa shape index (κ1) is 25.4. The van der Waals surface area contributed by atoms with Gasteiger partial charge in [0.25, 0.3) is 11.8 Å². The average molecular weight is 389 g/mol. The van der Waals surface area contributed by atoms with Crippen LogP contribution in [0.2, 0.25) is 0 Å². The first-order valence-corrected chi connectivity index (χ1v) is 9.27. The summed E-state index contributed by atoms with van der Waals surface area (Å²) in [4.78, 5) is 27.1. The van der Waals surface area contributed by atoms with Gasteiger partial charge in [-0.3, -0.25) is 9.59 Å². The summed E-state index contributed by atoms with van der Waals surface area (Å²) in [5, 5.41) is 41.8. The number of rotatable bonds is 11. The maximum absolute atomic E-state index is 11.9. The molecule has 27 heavy (non-hydrogen) atoms. The third kappa shape index (κ3) is 10.4. The quantitative estimate of drug-likeness (QED) is 0.157. The van der Waals surface area contributed by atoms with Crippen LogP contribution in [0, 0.1) is 5.41 Å². The molecule has 0 radical (unpaired) electrons. The number of unbranched alkanes of at least 4 members (excludes halogenated alkanes) is 1. The van der Waals surface area contributed by atoms with Gasteiger partial charge in [-0.2, -0.15) is 4.99 Å². The smallest absolute Gasteiger partial charge is 0.278 e. The van der Waals surface area contributed by atoms with Crippen molar-refractivity contribution in [2.24, 2.45) is 16.1 Å². The van der Waals surface area contributed by atoms with Crippen LogP contribution in [0.1, 0.15) is 59.8 Å². The van der Waals surface area contributed by atoms with Crippen molar-refractivity contribution in [3.05, 3.63) is 0 Å². The molecule has 0 unspecified atom stereocenters. The molecule has 0 aliphatic carbocycles. The van der Waals surface area contributed by atoms with Gasteiger partial charge in [-0.25, -0.2) is 0 Å². The molecule has 0 aromatic heterocycles. The summed E-state index contributed by atoms with van der Waals surface area (Å²) in [7, 11) is 0. The highest BCUT2D eigenvalue weighted by Crippen LogP contribution is 2.19. The molecule has 2 amide bonds. The summed E-state index contributed by atoms with van der Waals surface area (Å²) in [5.41, 5.74) is 5.64. The molecule has 0 heterocycles. The summed E-state index contributed by atoms with van der Waals surface area (Å²) in [5.74, 6) is -2.05. The Labute approximate surface area is 160 Å². The van der Waals surface area contributed by atoms with Crippen LogP contribution in [0.15, 0.2) is 4.99 Å². The highest BCUT2D eigenvalue weighted by atomic mass is 16.4. The zero-order valence-electron chi connectivity index (χ0n) is 16.7. The van der Waals surface area contributed by atoms with Gasteiger partial charge < -0.3 is 31.5 Å². The number of hydrogen-bond donors (Lipinski definition) is 6. The van der Waals surface area contributed by atoms with Gasteiger partial charge in [0.05, 0.1) is 0 Å². The Morgan fingerprint density at radius 3 is 2.11 bits per heavy atom. The van der Waals surface area contributed by atoms with E-state index in [-0.39, 0.29) is 17.8 Å². The molecule has 158 valence electrons. The third-order valence-corrected chi connectivity index (χ3v) is 3.96. The Bertz CT molecular complexity index is 504. The second-order valence-electron chi connectivity index (χ2n) is 7.87. The van der Waals surface area contributed by atoms with Crippen molar-refractivity contribution >= 4 is 17.6 Å². The van der Waals surface area contributed by atoms with E-state index in [9.17, 15) is 30.0 Å². The van der Waals surface area contributed by atoms with Gasteiger partial charge in [0.15, 0.2) is 12.2 Å². The summed E-state index contributed by atoms with van der Waals surface area (Å²) in [6, 6.07) is 0. The van der Waals surface area contributed by atoms with E-state index in [4.69, 9.17) is 5.73 Å². The van der Waals surface area contributed by atoms with Crippen molar-refractivity contribution in [1.29, 1.82) is 0 Å². The molecule has 7 N–H and O–H groups in total. The van der Waals surface area contributed by atoms with E-state index in [1.807, 2.05) is 6.92 Å². The molecule has 9 nitrogen and oxygen atoms in total. The summed E-state index contributed by atoms with van der Waals surface area (Å²) >= 11 is 0. The number of aliphatic hydroxyl groups excluding tert-OH is 4. The van der Waals surface area contributed by atoms with Crippen molar-refractivity contribution in [3.8, 4) is 0 Å². The lowest BCUT2D eigenvalue weighted by molar-refractivity contribution is -0.153. The van der Waals surface area contributed by atoms with Gasteiger partial charge in [-0.05, 0) is 24.7 Å². The van der Waals surface area contributed by atoms with Crippen molar-refractivity contribution in [3.63, 3.8) is 0 Å². The average Bonchev–Trinajstić information content (AvgIpc) is 2.59. The Kier molecular flexibility index (Phi) is 11.3. The molecule has 0 aromatic rings. The van der Waals surface area contributed by atoms with Crippen molar-refractivity contribution in [1.82, 2.24) is 5.32 Å². The van der Waals surface area contributed by atoms with Gasteiger partial charge in [0, 0.05) is 13.0 Å². The van der Waals surface area contributed by atoms with E-state index >= 15 is 0 Å². The van der Waals surface area contributed by atoms with Crippen LogP contribution in [-0.2, 0) is 9.59 Å². The van der Waals surface area contributed by atoms with Crippen LogP contribution in [0.4, 0.5) is 0 Å². The van der Waals surface area contributed by atoms with E-state index in [1.165, 1.54) is 0 Å². The van der Waals surface area contributed by atoms with E-state index in [2.05, 4.69) is 31.1 Å². The second kappa shape index (κ2) is 12.0. The summed E-state index contributed by atoms with van der Waals surface area (Å²) in [6.45, 7) is 8.38. The van der Waals surface area contributed by atoms with Crippen LogP contribution >= 0.6 is 0 Å². The predicted molar refractivity (Wildman–Crippen MR) is 102 cm³/mol. The Morgan fingerprint density at radius 2 is 1.59 bits per heavy atom. The van der Waals surface area contributed by atoms with E-state index in [1.54, 1.807) is 0 Å². The fourth-order valence-corrected chi connectivity index (χ4v) is 2.23. The number of aliphatic hydroxyl groups is 4. The van der Waals surface area contributed by atoms with E-state index < -0.39 is 36.2 Å². The molecule has 0 aliphatic heterocycles. The van der Waals surface area contributed by atoms with Gasteiger partial charge in [-0.1, -0.05) is 34.1 Å². The maximum atomic E-state index is 11.9. The number of nitrogens with one attached hydrogen (secondary N) is 1. The number of aliphatic imine (C=N–C) groups is 1. The van der Waals surface area contributed by atoms with E-state index in [0.29, 0.717) is 19.3 Å². The fourth-order valence-electron chi connectivity index (χ4n) is 2.23. The number of carbonyl (C=O) groups is 2. The molecule has 0 aromatic carbocycles. The molecule has 0 aliphatic rings. The predicted octanol–water partition coefficient (Wildman–Crippen LogP) is -0.553. The Morgan fingerprint density at radius 1 is 1.04 bits per heavy atom. The first-order chi connectivity index (χ1) is 12.4. The lowest BCUT2D eigenvalue weighted by Crippen LogP contribution is -2.52. The summed E-state index contributed by atoms with van der Waals surface area (Å²) in [6.07, 6.45) is -4.83. The lowest BCUT2D eigenvalue weighted by Gasteiger charge is -2.24. The van der Waals surface area contributed by atoms with Gasteiger partial charge in [0.2, 0.25) is 0 Å². The highest BCUT2D eigenvalue weighted by Gasteiger charge is 2.37. The normalized spacial score (nSPS) is 17.1. The second-order valence-corrected chi connectivity index (χ2v) is 7.87. The van der Waals surface area contributed by atoms with Gasteiger partial charge in [0.1, 0.15) is 18.0 Å². The monoisotopic (exact) mass is 389 g/mol. The third-order valence-electron chi connectivity index (χ3n) is 3.96. The van der Waals surface area contributed by atoms with Crippen molar-refractivity contribution in [2.45, 2.75) is 84.2 Å². The zero-order chi connectivity index (χ0) is 21.2. The first-order valence-electron chi connectivity index (χ1n) is 9.27. The molecule has 0 rings (SSSR count). The molecule has 0 bridgehead atoms. The van der Waals surface area contributed by atoms with Crippen LogP contribution in [0.5, 0.6) is 0 Å². The zero-order valence-corrected chi connectivity index (χ0v) is 16.7. The fraction of sp³-hybridized carbons (Fsp3) is 0.833. The number of amidine groups is 1. The van der Waals surface area contributed by atoms with Gasteiger partial charge in [-0.15, -0.1) is 0 Å². The minimum absolute atomic E-state index is 0.000250. The van der Waals surface area contributed by atoms with Crippen LogP contribution in [0.25, 0.3) is 0 Å². The molecule has 0 saturated heterocycles. The highest BCUT2D eigenvalue weighted by molar-refractivity contribution is 5.95. The molecular formula is C18H35N3O6. The molecule has 0 fully saturated rings. The van der Waals surface area contributed by atoms with E-state index in [0.717, 1.165) is 12.8 Å². The van der Waals surface area contributed by atoms with Crippen LogP contribution < -0.4 is 11.1 Å². The molecule has 9 heteroatoms. The Balaban J connectivity index is 4.60. The van der Waals surface area contributed by atoms with Crippen LogP contribution in [0.3, 0.4) is 0 Å².